The number of hydrogen-bond acceptors (Lipinski definition) is 5. The van der Waals surface area contributed by atoms with Gasteiger partial charge in [0.05, 0.1) is 13.3 Å². The van der Waals surface area contributed by atoms with Gasteiger partial charge in [0.2, 0.25) is 15.9 Å². The highest BCUT2D eigenvalue weighted by Crippen LogP contribution is 2.30. The molecule has 1 aromatic heterocycles. The first-order valence-corrected chi connectivity index (χ1v) is 7.74. The number of ether oxygens (including phenoxy) is 1. The van der Waals surface area contributed by atoms with Crippen LogP contribution in [0.1, 0.15) is 25.7 Å². The molecule has 3 N–H and O–H groups in total. The summed E-state index contributed by atoms with van der Waals surface area (Å²) in [7, 11) is -2.10. The Hall–Kier alpha value is -1.18. The number of aromatic nitrogens is 1. The van der Waals surface area contributed by atoms with Gasteiger partial charge in [0.1, 0.15) is 4.90 Å². The summed E-state index contributed by atoms with van der Waals surface area (Å²) in [6.07, 6.45) is 4.86. The van der Waals surface area contributed by atoms with Gasteiger partial charge in [0.25, 0.3) is 0 Å². The number of rotatable bonds is 5. The second-order valence-corrected chi connectivity index (χ2v) is 6.52. The molecule has 1 aliphatic carbocycles. The normalized spacial score (nSPS) is 18.4. The molecule has 0 atom stereocenters. The van der Waals surface area contributed by atoms with E-state index in [1.807, 2.05) is 0 Å². The summed E-state index contributed by atoms with van der Waals surface area (Å²) in [5.74, 6) is 0.383. The van der Waals surface area contributed by atoms with E-state index in [9.17, 15) is 8.42 Å². The van der Waals surface area contributed by atoms with E-state index >= 15 is 0 Å². The van der Waals surface area contributed by atoms with Crippen LogP contribution in [-0.2, 0) is 10.0 Å². The Morgan fingerprint density at radius 3 is 2.58 bits per heavy atom. The van der Waals surface area contributed by atoms with Crippen LogP contribution in [0.5, 0.6) is 5.88 Å². The van der Waals surface area contributed by atoms with Gasteiger partial charge < -0.3 is 10.5 Å². The lowest BCUT2D eigenvalue weighted by atomic mass is 10.0. The second-order valence-electron chi connectivity index (χ2n) is 4.83. The van der Waals surface area contributed by atoms with Crippen molar-refractivity contribution >= 4 is 10.0 Å². The molecule has 19 heavy (non-hydrogen) atoms. The summed E-state index contributed by atoms with van der Waals surface area (Å²) >= 11 is 0. The van der Waals surface area contributed by atoms with E-state index in [1.165, 1.54) is 25.4 Å². The summed E-state index contributed by atoms with van der Waals surface area (Å²) in [5.41, 5.74) is 5.24. The molecule has 7 heteroatoms. The van der Waals surface area contributed by atoms with Gasteiger partial charge in [-0.1, -0.05) is 12.8 Å². The van der Waals surface area contributed by atoms with E-state index in [0.29, 0.717) is 12.4 Å². The van der Waals surface area contributed by atoms with Crippen LogP contribution in [0.2, 0.25) is 0 Å². The maximum atomic E-state index is 12.3. The molecule has 0 aromatic carbocycles. The minimum Gasteiger partial charge on any atom is -0.481 e. The van der Waals surface area contributed by atoms with Crippen molar-refractivity contribution < 1.29 is 13.2 Å². The smallest absolute Gasteiger partial charge is 0.242 e. The van der Waals surface area contributed by atoms with Crippen LogP contribution in [0.3, 0.4) is 0 Å². The molecule has 1 heterocycles. The Balaban J connectivity index is 2.21. The van der Waals surface area contributed by atoms with Crippen LogP contribution in [0, 0.1) is 0 Å². The molecule has 1 saturated carbocycles. The van der Waals surface area contributed by atoms with Gasteiger partial charge in [-0.3, -0.25) is 0 Å². The zero-order valence-corrected chi connectivity index (χ0v) is 11.7. The van der Waals surface area contributed by atoms with Crippen LogP contribution in [0.4, 0.5) is 0 Å². The highest BCUT2D eigenvalue weighted by atomic mass is 32.2. The summed E-state index contributed by atoms with van der Waals surface area (Å²) in [6, 6.07) is 3.01. The van der Waals surface area contributed by atoms with Crippen molar-refractivity contribution in [2.75, 3.05) is 13.7 Å². The fraction of sp³-hybridized carbons (Fsp3) is 0.583. The Morgan fingerprint density at radius 2 is 2.11 bits per heavy atom. The first-order valence-electron chi connectivity index (χ1n) is 6.25. The minimum absolute atomic E-state index is 0.132. The Kier molecular flexibility index (Phi) is 4.07. The van der Waals surface area contributed by atoms with E-state index in [1.54, 1.807) is 0 Å². The third-order valence-corrected chi connectivity index (χ3v) is 5.09. The van der Waals surface area contributed by atoms with Gasteiger partial charge in [-0.25, -0.2) is 18.1 Å². The summed E-state index contributed by atoms with van der Waals surface area (Å²) in [6.45, 7) is 0.315. The summed E-state index contributed by atoms with van der Waals surface area (Å²) in [5, 5.41) is 0. The number of nitrogens with one attached hydrogen (secondary N) is 1. The monoisotopic (exact) mass is 285 g/mol. The molecule has 6 nitrogen and oxygen atoms in total. The molecule has 0 saturated heterocycles. The average molecular weight is 285 g/mol. The van der Waals surface area contributed by atoms with Gasteiger partial charge in [-0.15, -0.1) is 0 Å². The van der Waals surface area contributed by atoms with Gasteiger partial charge in [-0.05, 0) is 18.9 Å². The average Bonchev–Trinajstić information content (AvgIpc) is 2.87. The van der Waals surface area contributed by atoms with Crippen molar-refractivity contribution in [3.05, 3.63) is 18.3 Å². The standard InChI is InChI=1S/C12H19N3O3S/c1-18-11-5-4-10(8-14-11)19(16,17)15-12(9-13)6-2-3-7-12/h4-5,8,15H,2-3,6-7,9,13H2,1H3. The van der Waals surface area contributed by atoms with Crippen molar-refractivity contribution in [3.8, 4) is 5.88 Å². The van der Waals surface area contributed by atoms with E-state index < -0.39 is 15.6 Å². The molecule has 0 aliphatic heterocycles. The summed E-state index contributed by atoms with van der Waals surface area (Å²) < 4.78 is 32.3. The van der Waals surface area contributed by atoms with Gasteiger partial charge in [0, 0.05) is 18.2 Å². The van der Waals surface area contributed by atoms with Gasteiger partial charge >= 0.3 is 0 Å². The molecular weight excluding hydrogens is 266 g/mol. The van der Waals surface area contributed by atoms with Crippen LogP contribution >= 0.6 is 0 Å². The lowest BCUT2D eigenvalue weighted by molar-refractivity contribution is 0.395. The highest BCUT2D eigenvalue weighted by molar-refractivity contribution is 7.89. The predicted octanol–water partition coefficient (Wildman–Crippen LogP) is 0.640. The first kappa shape index (κ1) is 14.2. The summed E-state index contributed by atoms with van der Waals surface area (Å²) in [4.78, 5) is 4.05. The van der Waals surface area contributed by atoms with Crippen molar-refractivity contribution in [2.45, 2.75) is 36.1 Å². The van der Waals surface area contributed by atoms with Crippen LogP contribution in [0.25, 0.3) is 0 Å². The number of pyridine rings is 1. The highest BCUT2D eigenvalue weighted by Gasteiger charge is 2.36. The Bertz CT molecular complexity index is 522. The second kappa shape index (κ2) is 5.44. The fourth-order valence-corrected chi connectivity index (χ4v) is 3.80. The largest absolute Gasteiger partial charge is 0.481 e. The Morgan fingerprint density at radius 1 is 1.42 bits per heavy atom. The van der Waals surface area contributed by atoms with Crippen LogP contribution in [0.15, 0.2) is 23.2 Å². The topological polar surface area (TPSA) is 94.3 Å². The van der Waals surface area contributed by atoms with Crippen LogP contribution in [-0.4, -0.2) is 32.6 Å². The molecule has 0 unspecified atom stereocenters. The molecule has 1 aliphatic rings. The Labute approximate surface area is 113 Å². The molecule has 1 aromatic rings. The van der Waals surface area contributed by atoms with Crippen molar-refractivity contribution in [1.82, 2.24) is 9.71 Å². The van der Waals surface area contributed by atoms with E-state index in [2.05, 4.69) is 9.71 Å². The lowest BCUT2D eigenvalue weighted by Crippen LogP contribution is -2.51. The molecule has 0 bridgehead atoms. The SMILES string of the molecule is COc1ccc(S(=O)(=O)NC2(CN)CCCC2)cn1. The molecule has 0 radical (unpaired) electrons. The lowest BCUT2D eigenvalue weighted by Gasteiger charge is -2.28. The van der Waals surface area contributed by atoms with E-state index in [4.69, 9.17) is 10.5 Å². The number of nitrogens with two attached hydrogens (primary N) is 1. The molecular formula is C12H19N3O3S. The number of nitrogens with zero attached hydrogens (tertiary/aromatic N) is 1. The van der Waals surface area contributed by atoms with Crippen molar-refractivity contribution in [2.24, 2.45) is 5.73 Å². The first-order chi connectivity index (χ1) is 9.01. The third kappa shape index (κ3) is 3.05. The molecule has 106 valence electrons. The zero-order chi connectivity index (χ0) is 13.9. The fourth-order valence-electron chi connectivity index (χ4n) is 2.39. The van der Waals surface area contributed by atoms with Crippen molar-refractivity contribution in [3.63, 3.8) is 0 Å². The number of methoxy groups -OCH3 is 1. The quantitative estimate of drug-likeness (QED) is 0.828. The molecule has 1 fully saturated rings. The predicted molar refractivity (Wildman–Crippen MR) is 71.4 cm³/mol. The minimum atomic E-state index is -3.59. The maximum Gasteiger partial charge on any atom is 0.242 e. The number of sulfonamides is 1. The maximum absolute atomic E-state index is 12.3. The third-order valence-electron chi connectivity index (χ3n) is 3.53. The zero-order valence-electron chi connectivity index (χ0n) is 10.9. The van der Waals surface area contributed by atoms with E-state index in [0.717, 1.165) is 25.7 Å². The number of hydrogen-bond donors (Lipinski definition) is 2. The molecule has 0 amide bonds. The van der Waals surface area contributed by atoms with E-state index in [-0.39, 0.29) is 4.90 Å². The van der Waals surface area contributed by atoms with Gasteiger partial charge in [0.15, 0.2) is 0 Å². The van der Waals surface area contributed by atoms with Crippen molar-refractivity contribution in [1.29, 1.82) is 0 Å². The molecule has 0 spiro atoms. The van der Waals surface area contributed by atoms with Crippen LogP contribution < -0.4 is 15.2 Å². The molecule has 2 rings (SSSR count). The van der Waals surface area contributed by atoms with Gasteiger partial charge in [-0.2, -0.15) is 0 Å².